The third kappa shape index (κ3) is 4.22. The van der Waals surface area contributed by atoms with Crippen LogP contribution in [0, 0.1) is 13.8 Å². The summed E-state index contributed by atoms with van der Waals surface area (Å²) in [6.45, 7) is 5.14. The molecule has 1 aliphatic rings. The Hall–Kier alpha value is -4.01. The second-order valence-corrected chi connectivity index (χ2v) is 7.70. The number of aromatic nitrogens is 3. The van der Waals surface area contributed by atoms with Gasteiger partial charge >= 0.3 is 5.97 Å². The number of amides is 2. The Morgan fingerprint density at radius 3 is 2.66 bits per heavy atom. The summed E-state index contributed by atoms with van der Waals surface area (Å²) < 4.78 is 6.93. The maximum Gasteiger partial charge on any atom is 0.340 e. The second-order valence-electron chi connectivity index (χ2n) is 7.70. The number of anilines is 2. The standard InChI is InChI=1S/C23H23N5O4/c1-14-10-16(3)28(26-14)20-9-8-17(12-24-20)23(31)32-13-22(30)27-15(2)11-21(29)25-18-6-4-5-7-19(18)27/h4-10,12,15H,11,13H2,1-3H3,(H,25,29). The third-order valence-electron chi connectivity index (χ3n) is 5.16. The number of pyridine rings is 1. The molecule has 4 rings (SSSR count). The lowest BCUT2D eigenvalue weighted by Gasteiger charge is -2.27. The zero-order chi connectivity index (χ0) is 22.8. The van der Waals surface area contributed by atoms with Gasteiger partial charge in [-0.25, -0.2) is 14.5 Å². The first kappa shape index (κ1) is 21.2. The van der Waals surface area contributed by atoms with Gasteiger partial charge in [-0.2, -0.15) is 5.10 Å². The maximum absolute atomic E-state index is 12.9. The van der Waals surface area contributed by atoms with E-state index >= 15 is 0 Å². The first-order chi connectivity index (χ1) is 15.3. The number of esters is 1. The van der Waals surface area contributed by atoms with Crippen LogP contribution in [0.15, 0.2) is 48.7 Å². The highest BCUT2D eigenvalue weighted by Gasteiger charge is 2.30. The van der Waals surface area contributed by atoms with Crippen LogP contribution < -0.4 is 10.2 Å². The van der Waals surface area contributed by atoms with Crippen molar-refractivity contribution in [1.82, 2.24) is 14.8 Å². The van der Waals surface area contributed by atoms with Gasteiger partial charge in [0, 0.05) is 24.4 Å². The van der Waals surface area contributed by atoms with Crippen LogP contribution >= 0.6 is 0 Å². The number of nitrogens with zero attached hydrogens (tertiary/aromatic N) is 4. The van der Waals surface area contributed by atoms with E-state index in [4.69, 9.17) is 4.74 Å². The number of fused-ring (bicyclic) bond motifs is 1. The minimum Gasteiger partial charge on any atom is -0.452 e. The molecule has 164 valence electrons. The fourth-order valence-electron chi connectivity index (χ4n) is 3.74. The summed E-state index contributed by atoms with van der Waals surface area (Å²) in [6, 6.07) is 11.8. The van der Waals surface area contributed by atoms with E-state index in [0.29, 0.717) is 17.2 Å². The number of carbonyl (C=O) groups is 3. The second kappa shape index (κ2) is 8.62. The average Bonchev–Trinajstić information content (AvgIpc) is 3.04. The van der Waals surface area contributed by atoms with E-state index in [-0.39, 0.29) is 23.9 Å². The number of ether oxygens (including phenoxy) is 1. The Bertz CT molecular complexity index is 1190. The van der Waals surface area contributed by atoms with Crippen LogP contribution in [0.2, 0.25) is 0 Å². The van der Waals surface area contributed by atoms with E-state index < -0.39 is 18.5 Å². The number of benzene rings is 1. The summed E-state index contributed by atoms with van der Waals surface area (Å²) in [4.78, 5) is 43.3. The maximum atomic E-state index is 12.9. The Labute approximate surface area is 185 Å². The van der Waals surface area contributed by atoms with E-state index in [1.807, 2.05) is 19.9 Å². The number of aryl methyl sites for hydroxylation is 2. The zero-order valence-corrected chi connectivity index (χ0v) is 18.0. The fourth-order valence-corrected chi connectivity index (χ4v) is 3.74. The Kier molecular flexibility index (Phi) is 5.72. The third-order valence-corrected chi connectivity index (χ3v) is 5.16. The molecule has 1 aliphatic heterocycles. The largest absolute Gasteiger partial charge is 0.452 e. The fraction of sp³-hybridized carbons (Fsp3) is 0.261. The molecular formula is C23H23N5O4. The van der Waals surface area contributed by atoms with Crippen LogP contribution in [0.25, 0.3) is 5.82 Å². The molecule has 1 unspecified atom stereocenters. The molecule has 0 saturated heterocycles. The Morgan fingerprint density at radius 2 is 1.97 bits per heavy atom. The molecule has 1 N–H and O–H groups in total. The quantitative estimate of drug-likeness (QED) is 0.634. The molecule has 0 radical (unpaired) electrons. The normalized spacial score (nSPS) is 15.5. The van der Waals surface area contributed by atoms with Gasteiger partial charge in [-0.15, -0.1) is 0 Å². The Balaban J connectivity index is 1.45. The number of hydrogen-bond donors (Lipinski definition) is 1. The van der Waals surface area contributed by atoms with Gasteiger partial charge in [-0.1, -0.05) is 12.1 Å². The molecule has 0 bridgehead atoms. The molecule has 0 fully saturated rings. The van der Waals surface area contributed by atoms with Crippen LogP contribution in [-0.4, -0.2) is 45.2 Å². The van der Waals surface area contributed by atoms with E-state index in [9.17, 15) is 14.4 Å². The number of nitrogens with one attached hydrogen (secondary N) is 1. The molecule has 1 atom stereocenters. The van der Waals surface area contributed by atoms with Crippen molar-refractivity contribution < 1.29 is 19.1 Å². The number of rotatable bonds is 4. The minimum atomic E-state index is -0.657. The van der Waals surface area contributed by atoms with Crippen molar-refractivity contribution >= 4 is 29.2 Å². The lowest BCUT2D eigenvalue weighted by atomic mass is 10.1. The van der Waals surface area contributed by atoms with Crippen molar-refractivity contribution in [1.29, 1.82) is 0 Å². The first-order valence-electron chi connectivity index (χ1n) is 10.2. The lowest BCUT2D eigenvalue weighted by molar-refractivity contribution is -0.122. The summed E-state index contributed by atoms with van der Waals surface area (Å²) in [5, 5.41) is 7.16. The molecule has 3 heterocycles. The van der Waals surface area contributed by atoms with Crippen LogP contribution in [0.5, 0.6) is 0 Å². The van der Waals surface area contributed by atoms with Gasteiger partial charge in [-0.3, -0.25) is 9.59 Å². The van der Waals surface area contributed by atoms with Gasteiger partial charge in [0.2, 0.25) is 5.91 Å². The topological polar surface area (TPSA) is 106 Å². The van der Waals surface area contributed by atoms with Gasteiger partial charge in [0.05, 0.1) is 22.6 Å². The average molecular weight is 433 g/mol. The molecule has 3 aromatic rings. The smallest absolute Gasteiger partial charge is 0.340 e. The van der Waals surface area contributed by atoms with Gasteiger partial charge in [0.15, 0.2) is 12.4 Å². The lowest BCUT2D eigenvalue weighted by Crippen LogP contribution is -2.41. The summed E-state index contributed by atoms with van der Waals surface area (Å²) in [5.74, 6) is -0.667. The van der Waals surface area contributed by atoms with Gasteiger partial charge in [-0.05, 0) is 51.1 Å². The molecule has 9 nitrogen and oxygen atoms in total. The molecule has 2 aromatic heterocycles. The summed E-state index contributed by atoms with van der Waals surface area (Å²) >= 11 is 0. The first-order valence-corrected chi connectivity index (χ1v) is 10.2. The van der Waals surface area contributed by atoms with Crippen molar-refractivity contribution in [3.63, 3.8) is 0 Å². The van der Waals surface area contributed by atoms with Crippen LogP contribution in [0.3, 0.4) is 0 Å². The Morgan fingerprint density at radius 1 is 1.19 bits per heavy atom. The van der Waals surface area contributed by atoms with Crippen molar-refractivity contribution in [3.8, 4) is 5.82 Å². The van der Waals surface area contributed by atoms with Crippen LogP contribution in [0.1, 0.15) is 35.1 Å². The van der Waals surface area contributed by atoms with E-state index in [1.165, 1.54) is 11.1 Å². The highest BCUT2D eigenvalue weighted by molar-refractivity contribution is 6.05. The summed E-state index contributed by atoms with van der Waals surface area (Å²) in [6.07, 6.45) is 1.54. The molecule has 0 spiro atoms. The molecule has 32 heavy (non-hydrogen) atoms. The predicted octanol–water partition coefficient (Wildman–Crippen LogP) is 2.80. The molecule has 9 heteroatoms. The summed E-state index contributed by atoms with van der Waals surface area (Å²) in [7, 11) is 0. The number of carbonyl (C=O) groups excluding carboxylic acids is 3. The molecule has 0 aliphatic carbocycles. The van der Waals surface area contributed by atoms with E-state index in [2.05, 4.69) is 15.4 Å². The van der Waals surface area contributed by atoms with Crippen LogP contribution in [-0.2, 0) is 14.3 Å². The monoisotopic (exact) mass is 433 g/mol. The highest BCUT2D eigenvalue weighted by atomic mass is 16.5. The van der Waals surface area contributed by atoms with Gasteiger partial charge < -0.3 is 15.0 Å². The summed E-state index contributed by atoms with van der Waals surface area (Å²) in [5.41, 5.74) is 3.14. The molecule has 1 aromatic carbocycles. The van der Waals surface area contributed by atoms with E-state index in [0.717, 1.165) is 11.4 Å². The predicted molar refractivity (Wildman–Crippen MR) is 118 cm³/mol. The van der Waals surface area contributed by atoms with Crippen molar-refractivity contribution in [3.05, 3.63) is 65.6 Å². The van der Waals surface area contributed by atoms with Crippen molar-refractivity contribution in [2.45, 2.75) is 33.2 Å². The molecule has 2 amide bonds. The minimum absolute atomic E-state index is 0.145. The zero-order valence-electron chi connectivity index (χ0n) is 18.0. The van der Waals surface area contributed by atoms with E-state index in [1.54, 1.807) is 48.0 Å². The molecular weight excluding hydrogens is 410 g/mol. The van der Waals surface area contributed by atoms with Crippen molar-refractivity contribution in [2.75, 3.05) is 16.8 Å². The number of hydrogen-bond acceptors (Lipinski definition) is 6. The van der Waals surface area contributed by atoms with Gasteiger partial charge in [0.1, 0.15) is 0 Å². The highest BCUT2D eigenvalue weighted by Crippen LogP contribution is 2.31. The van der Waals surface area contributed by atoms with Crippen LogP contribution in [0.4, 0.5) is 11.4 Å². The van der Waals surface area contributed by atoms with Crippen molar-refractivity contribution in [2.24, 2.45) is 0 Å². The number of para-hydroxylation sites is 2. The SMILES string of the molecule is Cc1cc(C)n(-c2ccc(C(=O)OCC(=O)N3c4ccccc4NC(=O)CC3C)cn2)n1. The molecule has 0 saturated carbocycles. The van der Waals surface area contributed by atoms with Gasteiger partial charge in [0.25, 0.3) is 5.91 Å².